The zero-order valence-electron chi connectivity index (χ0n) is 9.08. The molecule has 0 fully saturated rings. The van der Waals surface area contributed by atoms with E-state index in [4.69, 9.17) is 10.2 Å². The monoisotopic (exact) mass is 307 g/mol. The van der Waals surface area contributed by atoms with Gasteiger partial charge in [0, 0.05) is 4.47 Å². The number of nitrogens with one attached hydrogen (secondary N) is 1. The van der Waals surface area contributed by atoms with Gasteiger partial charge in [-0.15, -0.1) is 11.3 Å². The van der Waals surface area contributed by atoms with E-state index in [1.165, 1.54) is 11.3 Å². The third-order valence-electron chi connectivity index (χ3n) is 2.22. The van der Waals surface area contributed by atoms with Crippen molar-refractivity contribution in [3.8, 4) is 0 Å². The van der Waals surface area contributed by atoms with Gasteiger partial charge in [-0.25, -0.2) is 0 Å². The normalized spacial score (nSPS) is 11.6. The predicted molar refractivity (Wildman–Crippen MR) is 66.8 cm³/mol. The van der Waals surface area contributed by atoms with Crippen LogP contribution in [-0.2, 0) is 0 Å². The van der Waals surface area contributed by atoms with Crippen molar-refractivity contribution in [2.75, 3.05) is 13.2 Å². The zero-order valence-corrected chi connectivity index (χ0v) is 11.5. The smallest absolute Gasteiger partial charge is 0.263 e. The van der Waals surface area contributed by atoms with Crippen LogP contribution in [0.1, 0.15) is 22.2 Å². The molecule has 6 heteroatoms. The quantitative estimate of drug-likeness (QED) is 0.785. The molecule has 90 valence electrons. The van der Waals surface area contributed by atoms with Gasteiger partial charge in [-0.3, -0.25) is 4.79 Å². The number of aliphatic hydroxyl groups excluding tert-OH is 2. The summed E-state index contributed by atoms with van der Waals surface area (Å²) in [6.07, 6.45) is 0. The number of carbonyl (C=O) groups is 1. The first kappa shape index (κ1) is 13.6. The molecule has 1 heterocycles. The summed E-state index contributed by atoms with van der Waals surface area (Å²) in [6.45, 7) is 2.86. The lowest BCUT2D eigenvalue weighted by Crippen LogP contribution is -2.51. The predicted octanol–water partition coefficient (Wildman–Crippen LogP) is 1.29. The van der Waals surface area contributed by atoms with Gasteiger partial charge in [-0.05, 0) is 40.7 Å². The van der Waals surface area contributed by atoms with E-state index < -0.39 is 5.54 Å². The molecule has 0 saturated carbocycles. The number of rotatable bonds is 4. The number of halogens is 1. The van der Waals surface area contributed by atoms with Crippen LogP contribution in [0.5, 0.6) is 0 Å². The number of amides is 1. The van der Waals surface area contributed by atoms with Crippen LogP contribution in [0.25, 0.3) is 0 Å². The largest absolute Gasteiger partial charge is 0.394 e. The molecule has 4 nitrogen and oxygen atoms in total. The van der Waals surface area contributed by atoms with Gasteiger partial charge in [-0.2, -0.15) is 0 Å². The lowest BCUT2D eigenvalue weighted by atomic mass is 10.1. The Hall–Kier alpha value is -0.430. The first-order chi connectivity index (χ1) is 7.43. The second-order valence-electron chi connectivity index (χ2n) is 3.89. The summed E-state index contributed by atoms with van der Waals surface area (Å²) in [5, 5.41) is 22.6. The second-order valence-corrected chi connectivity index (χ2v) is 5.57. The molecular weight excluding hydrogens is 294 g/mol. The van der Waals surface area contributed by atoms with Crippen molar-refractivity contribution in [1.82, 2.24) is 5.32 Å². The highest BCUT2D eigenvalue weighted by molar-refractivity contribution is 9.10. The third kappa shape index (κ3) is 2.82. The summed E-state index contributed by atoms with van der Waals surface area (Å²) in [4.78, 5) is 12.4. The van der Waals surface area contributed by atoms with Gasteiger partial charge in [0.25, 0.3) is 5.91 Å². The van der Waals surface area contributed by atoms with Crippen LogP contribution in [0.15, 0.2) is 9.85 Å². The molecule has 0 atom stereocenters. The Bertz CT molecular complexity index is 387. The van der Waals surface area contributed by atoms with Crippen molar-refractivity contribution in [1.29, 1.82) is 0 Å². The van der Waals surface area contributed by atoms with Crippen LogP contribution >= 0.6 is 27.3 Å². The van der Waals surface area contributed by atoms with Gasteiger partial charge in [0.15, 0.2) is 0 Å². The molecule has 0 bridgehead atoms. The lowest BCUT2D eigenvalue weighted by molar-refractivity contribution is 0.0726. The fourth-order valence-corrected chi connectivity index (χ4v) is 2.60. The second kappa shape index (κ2) is 5.27. The lowest BCUT2D eigenvalue weighted by Gasteiger charge is -2.25. The Morgan fingerprint density at radius 1 is 1.56 bits per heavy atom. The molecule has 1 aromatic heterocycles. The van der Waals surface area contributed by atoms with E-state index in [9.17, 15) is 4.79 Å². The summed E-state index contributed by atoms with van der Waals surface area (Å²) >= 11 is 4.65. The van der Waals surface area contributed by atoms with E-state index in [0.717, 1.165) is 10.0 Å². The molecule has 0 unspecified atom stereocenters. The summed E-state index contributed by atoms with van der Waals surface area (Å²) in [5.74, 6) is -0.296. The number of carbonyl (C=O) groups excluding carboxylic acids is 1. The fourth-order valence-electron chi connectivity index (χ4n) is 1.04. The molecule has 0 spiro atoms. The first-order valence-corrected chi connectivity index (χ1v) is 6.38. The van der Waals surface area contributed by atoms with E-state index >= 15 is 0 Å². The van der Waals surface area contributed by atoms with Crippen LogP contribution < -0.4 is 5.32 Å². The number of thiophene rings is 1. The van der Waals surface area contributed by atoms with Gasteiger partial charge in [0.05, 0.1) is 18.8 Å². The van der Waals surface area contributed by atoms with Crippen LogP contribution in [0.3, 0.4) is 0 Å². The summed E-state index contributed by atoms with van der Waals surface area (Å²) in [6, 6.07) is 0. The Morgan fingerprint density at radius 3 is 2.50 bits per heavy atom. The number of aryl methyl sites for hydroxylation is 1. The van der Waals surface area contributed by atoms with E-state index in [-0.39, 0.29) is 19.1 Å². The van der Waals surface area contributed by atoms with Gasteiger partial charge in [0.1, 0.15) is 4.88 Å². The van der Waals surface area contributed by atoms with Gasteiger partial charge < -0.3 is 15.5 Å². The highest BCUT2D eigenvalue weighted by Crippen LogP contribution is 2.27. The summed E-state index contributed by atoms with van der Waals surface area (Å²) in [5.41, 5.74) is -0.00105. The average Bonchev–Trinajstić information content (AvgIpc) is 2.59. The number of hydrogen-bond acceptors (Lipinski definition) is 4. The fraction of sp³-hybridized carbons (Fsp3) is 0.500. The van der Waals surface area contributed by atoms with Gasteiger partial charge in [0.2, 0.25) is 0 Å². The summed E-state index contributed by atoms with van der Waals surface area (Å²) < 4.78 is 0.758. The SMILES string of the molecule is Cc1csc(C(=O)NC(C)(CO)CO)c1Br. The summed E-state index contributed by atoms with van der Waals surface area (Å²) in [7, 11) is 0. The molecule has 1 aromatic rings. The van der Waals surface area contributed by atoms with E-state index in [2.05, 4.69) is 21.2 Å². The first-order valence-electron chi connectivity index (χ1n) is 4.71. The van der Waals surface area contributed by atoms with Crippen molar-refractivity contribution in [3.05, 3.63) is 20.3 Å². The van der Waals surface area contributed by atoms with Crippen molar-refractivity contribution in [2.24, 2.45) is 0 Å². The molecule has 0 aromatic carbocycles. The molecule has 0 aliphatic carbocycles. The van der Waals surface area contributed by atoms with Crippen molar-refractivity contribution < 1.29 is 15.0 Å². The standard InChI is InChI=1S/C10H14BrNO3S/c1-6-3-16-8(7(6)11)9(15)12-10(2,4-13)5-14/h3,13-14H,4-5H2,1-2H3,(H,12,15). The van der Waals surface area contributed by atoms with E-state index in [0.29, 0.717) is 4.88 Å². The molecule has 0 radical (unpaired) electrons. The van der Waals surface area contributed by atoms with E-state index in [1.54, 1.807) is 6.92 Å². The van der Waals surface area contributed by atoms with Gasteiger partial charge in [-0.1, -0.05) is 0 Å². The Balaban J connectivity index is 2.84. The average molecular weight is 308 g/mol. The van der Waals surface area contributed by atoms with Crippen molar-refractivity contribution >= 4 is 33.2 Å². The molecule has 1 amide bonds. The maximum atomic E-state index is 11.9. The number of aliphatic hydroxyl groups is 2. The highest BCUT2D eigenvalue weighted by atomic mass is 79.9. The van der Waals surface area contributed by atoms with E-state index in [1.807, 2.05) is 12.3 Å². The Kier molecular flexibility index (Phi) is 4.49. The molecular formula is C10H14BrNO3S. The maximum Gasteiger partial charge on any atom is 0.263 e. The third-order valence-corrected chi connectivity index (χ3v) is 4.60. The van der Waals surface area contributed by atoms with Crippen molar-refractivity contribution in [3.63, 3.8) is 0 Å². The Labute approximate surface area is 106 Å². The molecule has 16 heavy (non-hydrogen) atoms. The minimum absolute atomic E-state index is 0.296. The Morgan fingerprint density at radius 2 is 2.12 bits per heavy atom. The molecule has 0 aliphatic heterocycles. The maximum absolute atomic E-state index is 11.9. The molecule has 1 rings (SSSR count). The zero-order chi connectivity index (χ0) is 12.3. The molecule has 3 N–H and O–H groups in total. The van der Waals surface area contributed by atoms with Crippen LogP contribution in [-0.4, -0.2) is 34.9 Å². The van der Waals surface area contributed by atoms with Gasteiger partial charge >= 0.3 is 0 Å². The minimum atomic E-state index is -0.992. The topological polar surface area (TPSA) is 69.6 Å². The highest BCUT2D eigenvalue weighted by Gasteiger charge is 2.26. The van der Waals surface area contributed by atoms with Crippen LogP contribution in [0.4, 0.5) is 0 Å². The molecule has 0 aliphatic rings. The van der Waals surface area contributed by atoms with Crippen LogP contribution in [0.2, 0.25) is 0 Å². The minimum Gasteiger partial charge on any atom is -0.394 e. The molecule has 0 saturated heterocycles. The number of hydrogen-bond donors (Lipinski definition) is 3. The van der Waals surface area contributed by atoms with Crippen molar-refractivity contribution in [2.45, 2.75) is 19.4 Å². The van der Waals surface area contributed by atoms with Crippen LogP contribution in [0, 0.1) is 6.92 Å².